The summed E-state index contributed by atoms with van der Waals surface area (Å²) in [6.07, 6.45) is 0. The van der Waals surface area contributed by atoms with Crippen molar-refractivity contribution in [3.8, 4) is 11.5 Å². The zero-order valence-electron chi connectivity index (χ0n) is 17.9. The number of rotatable bonds is 6. The number of hydrogen-bond donors (Lipinski definition) is 1. The molecule has 7 heteroatoms. The highest BCUT2D eigenvalue weighted by molar-refractivity contribution is 5.99. The van der Waals surface area contributed by atoms with E-state index in [9.17, 15) is 14.0 Å². The van der Waals surface area contributed by atoms with Gasteiger partial charge in [-0.25, -0.2) is 4.39 Å². The number of nitrogens with zero attached hydrogens (tertiary/aromatic N) is 1. The van der Waals surface area contributed by atoms with Crippen LogP contribution in [-0.4, -0.2) is 25.0 Å². The lowest BCUT2D eigenvalue weighted by atomic mass is 10.1. The van der Waals surface area contributed by atoms with Crippen molar-refractivity contribution < 1.29 is 23.5 Å². The number of nitrogens with one attached hydrogen (secondary N) is 1. The Balaban J connectivity index is 1.47. The van der Waals surface area contributed by atoms with E-state index in [0.29, 0.717) is 22.9 Å². The quantitative estimate of drug-likeness (QED) is 0.625. The molecule has 3 aromatic rings. The molecule has 0 atom stereocenters. The number of carbonyl (C=O) groups is 2. The van der Waals surface area contributed by atoms with Crippen LogP contribution in [0.15, 0.2) is 60.7 Å². The van der Waals surface area contributed by atoms with E-state index >= 15 is 0 Å². The lowest BCUT2D eigenvalue weighted by Crippen LogP contribution is -2.38. The van der Waals surface area contributed by atoms with Crippen molar-refractivity contribution in [3.63, 3.8) is 0 Å². The van der Waals surface area contributed by atoms with Gasteiger partial charge in [0.2, 0.25) is 0 Å². The van der Waals surface area contributed by atoms with Crippen LogP contribution < -0.4 is 19.7 Å². The Morgan fingerprint density at radius 2 is 1.88 bits per heavy atom. The Morgan fingerprint density at radius 3 is 2.66 bits per heavy atom. The van der Waals surface area contributed by atoms with E-state index in [2.05, 4.69) is 5.32 Å². The van der Waals surface area contributed by atoms with Crippen LogP contribution in [0.1, 0.15) is 16.7 Å². The van der Waals surface area contributed by atoms with Crippen LogP contribution in [0.2, 0.25) is 0 Å². The molecule has 0 unspecified atom stereocenters. The van der Waals surface area contributed by atoms with Gasteiger partial charge >= 0.3 is 0 Å². The number of anilines is 2. The molecule has 0 spiro atoms. The number of amides is 2. The minimum atomic E-state index is -0.337. The first-order chi connectivity index (χ1) is 15.4. The molecule has 1 N–H and O–H groups in total. The molecule has 0 bridgehead atoms. The van der Waals surface area contributed by atoms with Crippen molar-refractivity contribution in [1.29, 1.82) is 0 Å². The van der Waals surface area contributed by atoms with Gasteiger partial charge in [0.15, 0.2) is 13.2 Å². The number of hydrogen-bond acceptors (Lipinski definition) is 4. The van der Waals surface area contributed by atoms with Crippen molar-refractivity contribution in [1.82, 2.24) is 0 Å². The molecule has 0 saturated heterocycles. The summed E-state index contributed by atoms with van der Waals surface area (Å²) in [6.45, 7) is 3.92. The highest BCUT2D eigenvalue weighted by Gasteiger charge is 2.26. The standard InChI is InChI=1S/C25H23FN2O4/c1-16-3-4-17(2)23(11-16)31-14-24(29)27-20-9-10-22-21(12-20)28(25(30)15-32-22)13-18-5-7-19(26)8-6-18/h3-12H,13-15H2,1-2H3,(H,27,29). The Kier molecular flexibility index (Phi) is 6.07. The molecule has 0 aliphatic carbocycles. The summed E-state index contributed by atoms with van der Waals surface area (Å²) in [5.74, 6) is 0.324. The minimum absolute atomic E-state index is 0.0798. The van der Waals surface area contributed by atoms with E-state index in [1.165, 1.54) is 12.1 Å². The van der Waals surface area contributed by atoms with E-state index in [1.54, 1.807) is 35.2 Å². The predicted molar refractivity (Wildman–Crippen MR) is 120 cm³/mol. The van der Waals surface area contributed by atoms with Crippen molar-refractivity contribution >= 4 is 23.2 Å². The summed E-state index contributed by atoms with van der Waals surface area (Å²) in [7, 11) is 0. The molecule has 0 radical (unpaired) electrons. The summed E-state index contributed by atoms with van der Waals surface area (Å²) in [4.78, 5) is 26.5. The molecule has 164 valence electrons. The topological polar surface area (TPSA) is 67.9 Å². The van der Waals surface area contributed by atoms with E-state index < -0.39 is 0 Å². The van der Waals surface area contributed by atoms with Gasteiger partial charge in [-0.15, -0.1) is 0 Å². The fourth-order valence-corrected chi connectivity index (χ4v) is 3.43. The number of carbonyl (C=O) groups excluding carboxylic acids is 2. The van der Waals surface area contributed by atoms with E-state index in [-0.39, 0.29) is 37.4 Å². The highest BCUT2D eigenvalue weighted by atomic mass is 19.1. The van der Waals surface area contributed by atoms with Gasteiger partial charge in [-0.1, -0.05) is 24.3 Å². The first-order valence-electron chi connectivity index (χ1n) is 10.2. The van der Waals surface area contributed by atoms with Crippen LogP contribution in [-0.2, 0) is 16.1 Å². The number of fused-ring (bicyclic) bond motifs is 1. The van der Waals surface area contributed by atoms with Crippen LogP contribution in [0.4, 0.5) is 15.8 Å². The van der Waals surface area contributed by atoms with Crippen LogP contribution in [0.3, 0.4) is 0 Å². The third-order valence-electron chi connectivity index (χ3n) is 5.14. The number of aryl methyl sites for hydroxylation is 2. The molecule has 0 aromatic heterocycles. The first-order valence-corrected chi connectivity index (χ1v) is 10.2. The fraction of sp³-hybridized carbons (Fsp3) is 0.200. The molecule has 2 amide bonds. The monoisotopic (exact) mass is 434 g/mol. The van der Waals surface area contributed by atoms with Crippen LogP contribution in [0.5, 0.6) is 11.5 Å². The molecule has 0 fully saturated rings. The SMILES string of the molecule is Cc1ccc(C)c(OCC(=O)Nc2ccc3c(c2)N(Cc2ccc(F)cc2)C(=O)CO3)c1. The molecule has 3 aromatic carbocycles. The Labute approximate surface area is 185 Å². The smallest absolute Gasteiger partial charge is 0.265 e. The largest absolute Gasteiger partial charge is 0.483 e. The first kappa shape index (κ1) is 21.4. The van der Waals surface area contributed by atoms with Crippen molar-refractivity contribution in [2.75, 3.05) is 23.4 Å². The Hall–Kier alpha value is -3.87. The molecule has 6 nitrogen and oxygen atoms in total. The summed E-state index contributed by atoms with van der Waals surface area (Å²) in [5.41, 5.74) is 3.83. The van der Waals surface area contributed by atoms with Gasteiger partial charge in [0, 0.05) is 5.69 Å². The third-order valence-corrected chi connectivity index (χ3v) is 5.14. The van der Waals surface area contributed by atoms with Crippen LogP contribution in [0.25, 0.3) is 0 Å². The van der Waals surface area contributed by atoms with Crippen molar-refractivity contribution in [2.45, 2.75) is 20.4 Å². The Bertz CT molecular complexity index is 1160. The lowest BCUT2D eigenvalue weighted by Gasteiger charge is -2.30. The second kappa shape index (κ2) is 9.09. The normalized spacial score (nSPS) is 12.7. The maximum atomic E-state index is 13.2. The lowest BCUT2D eigenvalue weighted by molar-refractivity contribution is -0.121. The van der Waals surface area contributed by atoms with E-state index in [4.69, 9.17) is 9.47 Å². The molecule has 1 heterocycles. The van der Waals surface area contributed by atoms with Crippen LogP contribution >= 0.6 is 0 Å². The zero-order chi connectivity index (χ0) is 22.7. The molecular weight excluding hydrogens is 411 g/mol. The molecule has 0 saturated carbocycles. The number of benzene rings is 3. The minimum Gasteiger partial charge on any atom is -0.483 e. The highest BCUT2D eigenvalue weighted by Crippen LogP contribution is 2.35. The predicted octanol–water partition coefficient (Wildman–Crippen LogP) is 4.39. The van der Waals surface area contributed by atoms with Gasteiger partial charge in [-0.2, -0.15) is 0 Å². The number of ether oxygens (including phenoxy) is 2. The van der Waals surface area contributed by atoms with Gasteiger partial charge in [-0.05, 0) is 66.9 Å². The molecule has 1 aliphatic heterocycles. The third kappa shape index (κ3) is 4.88. The van der Waals surface area contributed by atoms with Gasteiger partial charge < -0.3 is 19.7 Å². The average molecular weight is 434 g/mol. The van der Waals surface area contributed by atoms with Gasteiger partial charge in [0.05, 0.1) is 12.2 Å². The summed E-state index contributed by atoms with van der Waals surface area (Å²) >= 11 is 0. The zero-order valence-corrected chi connectivity index (χ0v) is 17.9. The second-order valence-electron chi connectivity index (χ2n) is 7.68. The maximum absolute atomic E-state index is 13.2. The van der Waals surface area contributed by atoms with Crippen molar-refractivity contribution in [2.24, 2.45) is 0 Å². The van der Waals surface area contributed by atoms with Gasteiger partial charge in [-0.3, -0.25) is 9.59 Å². The fourth-order valence-electron chi connectivity index (χ4n) is 3.43. The van der Waals surface area contributed by atoms with E-state index in [1.807, 2.05) is 32.0 Å². The molecule has 1 aliphatic rings. The number of halogens is 1. The Morgan fingerprint density at radius 1 is 1.09 bits per heavy atom. The maximum Gasteiger partial charge on any atom is 0.265 e. The average Bonchev–Trinajstić information content (AvgIpc) is 2.78. The van der Waals surface area contributed by atoms with Gasteiger partial charge in [0.25, 0.3) is 11.8 Å². The molecular formula is C25H23FN2O4. The molecule has 4 rings (SSSR count). The van der Waals surface area contributed by atoms with E-state index in [0.717, 1.165) is 16.7 Å². The summed E-state index contributed by atoms with van der Waals surface area (Å²) in [6, 6.07) is 16.9. The summed E-state index contributed by atoms with van der Waals surface area (Å²) < 4.78 is 24.4. The van der Waals surface area contributed by atoms with Crippen LogP contribution in [0, 0.1) is 19.7 Å². The van der Waals surface area contributed by atoms with Crippen molar-refractivity contribution in [3.05, 3.63) is 83.2 Å². The summed E-state index contributed by atoms with van der Waals surface area (Å²) in [5, 5.41) is 2.80. The second-order valence-corrected chi connectivity index (χ2v) is 7.68. The van der Waals surface area contributed by atoms with Gasteiger partial charge in [0.1, 0.15) is 17.3 Å². The molecule has 32 heavy (non-hydrogen) atoms.